The summed E-state index contributed by atoms with van der Waals surface area (Å²) in [5.74, 6) is -0.0185. The molecule has 5 aromatic rings. The zero-order valence-electron chi connectivity index (χ0n) is 21.6. The summed E-state index contributed by atoms with van der Waals surface area (Å²) in [5.41, 5.74) is 7.29. The fourth-order valence-electron chi connectivity index (χ4n) is 5.53. The molecule has 3 heterocycles. The number of hydrogen-bond donors (Lipinski definition) is 1. The van der Waals surface area contributed by atoms with Gasteiger partial charge in [0.05, 0.1) is 21.8 Å². The minimum atomic E-state index is -0.623. The Kier molecular flexibility index (Phi) is 6.41. The zero-order valence-corrected chi connectivity index (χ0v) is 23.2. The molecule has 0 bridgehead atoms. The van der Waals surface area contributed by atoms with Crippen LogP contribution in [0.3, 0.4) is 0 Å². The van der Waals surface area contributed by atoms with Gasteiger partial charge >= 0.3 is 0 Å². The number of pyridine rings is 1. The van der Waals surface area contributed by atoms with E-state index in [1.54, 1.807) is 23.7 Å². The lowest BCUT2D eigenvalue weighted by Crippen LogP contribution is -2.37. The maximum atomic E-state index is 13.9. The number of carbonyl (C=O) groups excluding carboxylic acids is 1. The molecule has 0 radical (unpaired) electrons. The third-order valence-corrected chi connectivity index (χ3v) is 9.35. The minimum absolute atomic E-state index is 0.00626. The molecule has 1 aliphatic carbocycles. The average Bonchev–Trinajstić information content (AvgIpc) is 3.59. The van der Waals surface area contributed by atoms with Crippen LogP contribution in [0.4, 0.5) is 5.13 Å². The molecule has 5 nitrogen and oxygen atoms in total. The molecule has 1 N–H and O–H groups in total. The van der Waals surface area contributed by atoms with E-state index in [2.05, 4.69) is 77.7 Å². The van der Waals surface area contributed by atoms with Gasteiger partial charge in [-0.15, -0.1) is 22.7 Å². The summed E-state index contributed by atoms with van der Waals surface area (Å²) in [7, 11) is 0. The number of benzene rings is 2. The van der Waals surface area contributed by atoms with Gasteiger partial charge in [-0.05, 0) is 67.1 Å². The van der Waals surface area contributed by atoms with Crippen molar-refractivity contribution in [1.82, 2.24) is 15.0 Å². The van der Waals surface area contributed by atoms with Gasteiger partial charge in [-0.3, -0.25) is 9.78 Å². The first-order valence-electron chi connectivity index (χ1n) is 12.7. The van der Waals surface area contributed by atoms with E-state index in [0.29, 0.717) is 18.0 Å². The van der Waals surface area contributed by atoms with E-state index in [1.807, 2.05) is 24.4 Å². The molecule has 6 rings (SSSR count). The number of hydrogen-bond acceptors (Lipinski definition) is 6. The lowest BCUT2D eigenvalue weighted by molar-refractivity contribution is -0.125. The van der Waals surface area contributed by atoms with E-state index < -0.39 is 5.41 Å². The smallest absolute Gasteiger partial charge is 0.233 e. The van der Waals surface area contributed by atoms with E-state index in [9.17, 15) is 4.79 Å². The number of aryl methyl sites for hydroxylation is 2. The van der Waals surface area contributed by atoms with E-state index in [4.69, 9.17) is 4.98 Å². The normalized spacial score (nSPS) is 18.3. The first-order chi connectivity index (χ1) is 18.4. The predicted octanol–water partition coefficient (Wildman–Crippen LogP) is 7.20. The van der Waals surface area contributed by atoms with E-state index >= 15 is 0 Å². The van der Waals surface area contributed by atoms with Crippen LogP contribution < -0.4 is 5.32 Å². The quantitative estimate of drug-likeness (QED) is 0.249. The maximum Gasteiger partial charge on any atom is 0.233 e. The van der Waals surface area contributed by atoms with Crippen LogP contribution in [0.1, 0.15) is 50.8 Å². The van der Waals surface area contributed by atoms with Crippen LogP contribution >= 0.6 is 22.7 Å². The minimum Gasteiger partial charge on any atom is -0.301 e. The van der Waals surface area contributed by atoms with E-state index in [1.165, 1.54) is 32.9 Å². The number of rotatable bonds is 6. The summed E-state index contributed by atoms with van der Waals surface area (Å²) in [5, 5.41) is 6.88. The van der Waals surface area contributed by atoms with E-state index in [0.717, 1.165) is 27.5 Å². The Labute approximate surface area is 230 Å². The average molecular weight is 537 g/mol. The summed E-state index contributed by atoms with van der Waals surface area (Å²) < 4.78 is 0. The summed E-state index contributed by atoms with van der Waals surface area (Å²) in [4.78, 5) is 28.6. The molecule has 2 atom stereocenters. The second kappa shape index (κ2) is 9.89. The van der Waals surface area contributed by atoms with Gasteiger partial charge in [0.1, 0.15) is 0 Å². The molecule has 0 aliphatic heterocycles. The predicted molar refractivity (Wildman–Crippen MR) is 155 cm³/mol. The lowest BCUT2D eigenvalue weighted by atomic mass is 9.75. The van der Waals surface area contributed by atoms with Crippen molar-refractivity contribution < 1.29 is 4.79 Å². The fraction of sp³-hybridized carbons (Fsp3) is 0.226. The molecule has 1 amide bonds. The fourth-order valence-corrected chi connectivity index (χ4v) is 7.43. The number of anilines is 1. The summed E-state index contributed by atoms with van der Waals surface area (Å²) in [6.07, 6.45) is 5.02. The van der Waals surface area contributed by atoms with Crippen LogP contribution in [-0.4, -0.2) is 20.9 Å². The SMILES string of the molecule is Cc1nc(C)c([C@H]2c3ccccc3C[C@@]2(C)C(=O)Nc2nc(Cc3ccc(-c4ccncc4)cc3)cs2)s1. The van der Waals surface area contributed by atoms with Gasteiger partial charge in [0, 0.05) is 35.0 Å². The van der Waals surface area contributed by atoms with Gasteiger partial charge in [-0.2, -0.15) is 0 Å². The lowest BCUT2D eigenvalue weighted by Gasteiger charge is -2.30. The van der Waals surface area contributed by atoms with Crippen molar-refractivity contribution in [3.8, 4) is 11.1 Å². The van der Waals surface area contributed by atoms with Crippen molar-refractivity contribution in [2.24, 2.45) is 5.41 Å². The van der Waals surface area contributed by atoms with Gasteiger partial charge in [0.2, 0.25) is 5.91 Å². The van der Waals surface area contributed by atoms with E-state index in [-0.39, 0.29) is 11.8 Å². The van der Waals surface area contributed by atoms with Gasteiger partial charge in [0.25, 0.3) is 0 Å². The van der Waals surface area contributed by atoms with Crippen LogP contribution in [0.15, 0.2) is 78.4 Å². The highest BCUT2D eigenvalue weighted by atomic mass is 32.1. The number of carbonyl (C=O) groups is 1. The van der Waals surface area contributed by atoms with Crippen LogP contribution in [0, 0.1) is 19.3 Å². The molecule has 1 aliphatic rings. The first-order valence-corrected chi connectivity index (χ1v) is 14.4. The number of nitrogens with zero attached hydrogens (tertiary/aromatic N) is 3. The Hall–Kier alpha value is -3.68. The highest BCUT2D eigenvalue weighted by Crippen LogP contribution is 2.53. The molecular weight excluding hydrogens is 509 g/mol. The third kappa shape index (κ3) is 4.57. The van der Waals surface area contributed by atoms with Crippen molar-refractivity contribution in [2.45, 2.75) is 39.5 Å². The van der Waals surface area contributed by atoms with Crippen LogP contribution in [0.25, 0.3) is 11.1 Å². The Morgan fingerprint density at radius 1 is 1.00 bits per heavy atom. The van der Waals surface area contributed by atoms with Gasteiger partial charge in [-0.1, -0.05) is 48.5 Å². The highest BCUT2D eigenvalue weighted by molar-refractivity contribution is 7.14. The van der Waals surface area contributed by atoms with Crippen molar-refractivity contribution in [3.63, 3.8) is 0 Å². The second-order valence-corrected chi connectivity index (χ2v) is 12.2. The first kappa shape index (κ1) is 24.6. The molecule has 0 spiro atoms. The van der Waals surface area contributed by atoms with Crippen molar-refractivity contribution in [1.29, 1.82) is 0 Å². The highest BCUT2D eigenvalue weighted by Gasteiger charge is 2.50. The van der Waals surface area contributed by atoms with Crippen LogP contribution in [0.5, 0.6) is 0 Å². The number of thiazole rings is 2. The number of amides is 1. The molecular formula is C31H28N4OS2. The Morgan fingerprint density at radius 2 is 1.74 bits per heavy atom. The molecule has 0 saturated heterocycles. The van der Waals surface area contributed by atoms with Gasteiger partial charge < -0.3 is 5.32 Å². The third-order valence-electron chi connectivity index (χ3n) is 7.41. The Bertz CT molecular complexity index is 1610. The number of aromatic nitrogens is 3. The molecule has 2 aromatic carbocycles. The van der Waals surface area contributed by atoms with Crippen molar-refractivity contribution in [3.05, 3.63) is 116 Å². The Balaban J connectivity index is 1.20. The van der Waals surface area contributed by atoms with Crippen molar-refractivity contribution >= 4 is 33.7 Å². The van der Waals surface area contributed by atoms with Gasteiger partial charge in [-0.25, -0.2) is 9.97 Å². The molecule has 3 aromatic heterocycles. The van der Waals surface area contributed by atoms with Crippen LogP contribution in [0.2, 0.25) is 0 Å². The molecule has 0 unspecified atom stereocenters. The van der Waals surface area contributed by atoms with Crippen LogP contribution in [-0.2, 0) is 17.6 Å². The largest absolute Gasteiger partial charge is 0.301 e. The maximum absolute atomic E-state index is 13.9. The second-order valence-electron chi connectivity index (χ2n) is 10.1. The van der Waals surface area contributed by atoms with Crippen molar-refractivity contribution in [2.75, 3.05) is 5.32 Å². The topological polar surface area (TPSA) is 67.8 Å². The molecule has 7 heteroatoms. The standard InChI is InChI=1S/C31H28N4OS2/c1-19-28(38-20(2)33-19)27-26-7-5-4-6-24(26)17-31(27,3)29(36)35-30-34-25(18-37-30)16-21-8-10-22(11-9-21)23-12-14-32-15-13-23/h4-15,18,27H,16-17H2,1-3H3,(H,34,35,36)/t27-,31-/m1/s1. The monoisotopic (exact) mass is 536 g/mol. The zero-order chi connectivity index (χ0) is 26.3. The summed E-state index contributed by atoms with van der Waals surface area (Å²) in [6, 6.07) is 21.0. The molecule has 0 fully saturated rings. The number of fused-ring (bicyclic) bond motifs is 1. The molecule has 38 heavy (non-hydrogen) atoms. The van der Waals surface area contributed by atoms with Gasteiger partial charge in [0.15, 0.2) is 5.13 Å². The Morgan fingerprint density at radius 3 is 2.47 bits per heavy atom. The molecule has 0 saturated carbocycles. The summed E-state index contributed by atoms with van der Waals surface area (Å²) >= 11 is 3.18. The number of nitrogens with one attached hydrogen (secondary N) is 1. The summed E-state index contributed by atoms with van der Waals surface area (Å²) in [6.45, 7) is 6.17. The molecule has 190 valence electrons.